The van der Waals surface area contributed by atoms with Gasteiger partial charge in [0.25, 0.3) is 0 Å². The molecule has 0 bridgehead atoms. The van der Waals surface area contributed by atoms with Crippen LogP contribution >= 0.6 is 0 Å². The Kier molecular flexibility index (Phi) is 3.99. The van der Waals surface area contributed by atoms with E-state index in [2.05, 4.69) is 15.0 Å². The molecule has 5 nitrogen and oxygen atoms in total. The van der Waals surface area contributed by atoms with Gasteiger partial charge in [0.05, 0.1) is 6.20 Å². The molecule has 1 fully saturated rings. The number of hydrogen-bond acceptors (Lipinski definition) is 4. The molecule has 19 heavy (non-hydrogen) atoms. The van der Waals surface area contributed by atoms with E-state index in [0.29, 0.717) is 12.4 Å². The normalized spacial score (nSPS) is 20.4. The Morgan fingerprint density at radius 1 is 1.53 bits per heavy atom. The molecule has 0 aliphatic carbocycles. The summed E-state index contributed by atoms with van der Waals surface area (Å²) in [4.78, 5) is 6.07. The minimum absolute atomic E-state index is 0.245. The van der Waals surface area contributed by atoms with Crippen molar-refractivity contribution in [1.82, 2.24) is 9.88 Å². The third-order valence-corrected chi connectivity index (χ3v) is 3.85. The van der Waals surface area contributed by atoms with Crippen molar-refractivity contribution in [3.8, 4) is 0 Å². The van der Waals surface area contributed by atoms with Gasteiger partial charge in [-0.15, -0.1) is 0 Å². The molecule has 1 saturated heterocycles. The summed E-state index contributed by atoms with van der Waals surface area (Å²) in [6.45, 7) is 4.35. The lowest BCUT2D eigenvalue weighted by atomic mass is 9.79. The van der Waals surface area contributed by atoms with E-state index in [0.717, 1.165) is 31.5 Å². The van der Waals surface area contributed by atoms with Crippen LogP contribution in [0, 0.1) is 11.2 Å². The van der Waals surface area contributed by atoms with Crippen molar-refractivity contribution in [2.45, 2.75) is 26.3 Å². The van der Waals surface area contributed by atoms with Gasteiger partial charge in [-0.2, -0.15) is 0 Å². The van der Waals surface area contributed by atoms with Crippen LogP contribution in [0.4, 0.5) is 4.39 Å². The zero-order valence-corrected chi connectivity index (χ0v) is 11.0. The number of likely N-dealkylation sites (tertiary alicyclic amines) is 1. The van der Waals surface area contributed by atoms with E-state index in [1.807, 2.05) is 6.92 Å². The van der Waals surface area contributed by atoms with Crippen LogP contribution < -0.4 is 5.73 Å². The number of aromatic nitrogens is 1. The number of oxime groups is 1. The Bertz CT molecular complexity index is 469. The standard InChI is InChI=1S/C13H19FN4O/c1-13(12(15)17-19)2-4-18(5-3-13)9-10-6-11(14)8-16-7-10/h6-8,19H,2-5,9H2,1H3,(H2,15,17). The predicted molar refractivity (Wildman–Crippen MR) is 70.2 cm³/mol. The molecule has 1 aliphatic rings. The zero-order valence-electron chi connectivity index (χ0n) is 11.0. The number of rotatable bonds is 3. The van der Waals surface area contributed by atoms with E-state index >= 15 is 0 Å². The highest BCUT2D eigenvalue weighted by molar-refractivity contribution is 5.85. The molecule has 6 heteroatoms. The van der Waals surface area contributed by atoms with Crippen molar-refractivity contribution < 1.29 is 9.60 Å². The SMILES string of the molecule is CC1(/C(N)=N/O)CCN(Cc2cncc(F)c2)CC1. The van der Waals surface area contributed by atoms with Crippen LogP contribution in [0.1, 0.15) is 25.3 Å². The van der Waals surface area contributed by atoms with Gasteiger partial charge in [-0.05, 0) is 37.6 Å². The zero-order chi connectivity index (χ0) is 13.9. The molecule has 0 spiro atoms. The molecule has 2 rings (SSSR count). The molecule has 1 aromatic heterocycles. The quantitative estimate of drug-likeness (QED) is 0.377. The summed E-state index contributed by atoms with van der Waals surface area (Å²) < 4.78 is 13.1. The lowest BCUT2D eigenvalue weighted by Gasteiger charge is -2.38. The molecule has 0 unspecified atom stereocenters. The molecule has 1 aromatic rings. The monoisotopic (exact) mass is 266 g/mol. The van der Waals surface area contributed by atoms with Gasteiger partial charge < -0.3 is 10.9 Å². The molecule has 3 N–H and O–H groups in total. The average molecular weight is 266 g/mol. The molecule has 0 atom stereocenters. The van der Waals surface area contributed by atoms with E-state index in [1.165, 1.54) is 12.3 Å². The fraction of sp³-hybridized carbons (Fsp3) is 0.538. The smallest absolute Gasteiger partial charge is 0.145 e. The van der Waals surface area contributed by atoms with Gasteiger partial charge in [0.1, 0.15) is 11.7 Å². The van der Waals surface area contributed by atoms with Gasteiger partial charge in [-0.3, -0.25) is 9.88 Å². The first kappa shape index (κ1) is 13.7. The molecule has 0 saturated carbocycles. The highest BCUT2D eigenvalue weighted by Crippen LogP contribution is 2.31. The Labute approximate surface area is 111 Å². The third-order valence-electron chi connectivity index (χ3n) is 3.85. The lowest BCUT2D eigenvalue weighted by Crippen LogP contribution is -2.45. The summed E-state index contributed by atoms with van der Waals surface area (Å²) in [7, 11) is 0. The van der Waals surface area contributed by atoms with Crippen molar-refractivity contribution in [3.63, 3.8) is 0 Å². The van der Waals surface area contributed by atoms with Crippen LogP contribution in [0.3, 0.4) is 0 Å². The van der Waals surface area contributed by atoms with Crippen molar-refractivity contribution in [2.75, 3.05) is 13.1 Å². The van der Waals surface area contributed by atoms with E-state index in [4.69, 9.17) is 10.9 Å². The largest absolute Gasteiger partial charge is 0.409 e. The molecule has 1 aliphatic heterocycles. The first-order chi connectivity index (χ1) is 9.03. The molecule has 2 heterocycles. The Morgan fingerprint density at radius 3 is 2.79 bits per heavy atom. The number of amidine groups is 1. The van der Waals surface area contributed by atoms with Gasteiger partial charge >= 0.3 is 0 Å². The van der Waals surface area contributed by atoms with Crippen LogP contribution in [0.2, 0.25) is 0 Å². The maximum absolute atomic E-state index is 13.1. The average Bonchev–Trinajstić information content (AvgIpc) is 2.41. The minimum atomic E-state index is -0.309. The Morgan fingerprint density at radius 2 is 2.21 bits per heavy atom. The fourth-order valence-electron chi connectivity index (χ4n) is 2.38. The number of piperidine rings is 1. The minimum Gasteiger partial charge on any atom is -0.409 e. The van der Waals surface area contributed by atoms with Gasteiger partial charge in [0.2, 0.25) is 0 Å². The lowest BCUT2D eigenvalue weighted by molar-refractivity contribution is 0.152. The first-order valence-corrected chi connectivity index (χ1v) is 6.33. The van der Waals surface area contributed by atoms with E-state index in [9.17, 15) is 4.39 Å². The predicted octanol–water partition coefficient (Wildman–Crippen LogP) is 1.57. The summed E-state index contributed by atoms with van der Waals surface area (Å²) in [5.41, 5.74) is 6.35. The van der Waals surface area contributed by atoms with Gasteiger partial charge in [-0.1, -0.05) is 12.1 Å². The van der Waals surface area contributed by atoms with Crippen LogP contribution in [0.5, 0.6) is 0 Å². The summed E-state index contributed by atoms with van der Waals surface area (Å²) >= 11 is 0. The third kappa shape index (κ3) is 3.20. The number of nitrogens with two attached hydrogens (primary N) is 1. The van der Waals surface area contributed by atoms with E-state index in [-0.39, 0.29) is 11.2 Å². The summed E-state index contributed by atoms with van der Waals surface area (Å²) in [6.07, 6.45) is 4.53. The molecular weight excluding hydrogens is 247 g/mol. The van der Waals surface area contributed by atoms with Crippen molar-refractivity contribution in [1.29, 1.82) is 0 Å². The topological polar surface area (TPSA) is 74.7 Å². The Hall–Kier alpha value is -1.69. The number of hydrogen-bond donors (Lipinski definition) is 2. The molecule has 0 amide bonds. The second-order valence-corrected chi connectivity index (χ2v) is 5.33. The van der Waals surface area contributed by atoms with Crippen LogP contribution in [-0.4, -0.2) is 34.0 Å². The molecule has 0 aromatic carbocycles. The molecular formula is C13H19FN4O. The highest BCUT2D eigenvalue weighted by atomic mass is 19.1. The van der Waals surface area contributed by atoms with Crippen molar-refractivity contribution in [2.24, 2.45) is 16.3 Å². The number of nitrogens with zero attached hydrogens (tertiary/aromatic N) is 3. The number of halogens is 1. The highest BCUT2D eigenvalue weighted by Gasteiger charge is 2.34. The second kappa shape index (κ2) is 5.52. The summed E-state index contributed by atoms with van der Waals surface area (Å²) in [5, 5.41) is 11.9. The Balaban J connectivity index is 1.94. The van der Waals surface area contributed by atoms with E-state index < -0.39 is 0 Å². The van der Waals surface area contributed by atoms with Gasteiger partial charge in [-0.25, -0.2) is 4.39 Å². The fourth-order valence-corrected chi connectivity index (χ4v) is 2.38. The van der Waals surface area contributed by atoms with Crippen molar-refractivity contribution in [3.05, 3.63) is 29.8 Å². The maximum Gasteiger partial charge on any atom is 0.145 e. The number of pyridine rings is 1. The van der Waals surface area contributed by atoms with Gasteiger partial charge in [0, 0.05) is 18.2 Å². The first-order valence-electron chi connectivity index (χ1n) is 6.33. The summed E-state index contributed by atoms with van der Waals surface area (Å²) in [6, 6.07) is 1.50. The maximum atomic E-state index is 13.1. The van der Waals surface area contributed by atoms with E-state index in [1.54, 1.807) is 6.20 Å². The van der Waals surface area contributed by atoms with Crippen LogP contribution in [0.25, 0.3) is 0 Å². The summed E-state index contributed by atoms with van der Waals surface area (Å²) in [5.74, 6) is -0.0180. The van der Waals surface area contributed by atoms with Crippen LogP contribution in [-0.2, 0) is 6.54 Å². The van der Waals surface area contributed by atoms with Crippen LogP contribution in [0.15, 0.2) is 23.6 Å². The van der Waals surface area contributed by atoms with Crippen molar-refractivity contribution >= 4 is 5.84 Å². The molecule has 0 radical (unpaired) electrons. The molecule has 104 valence electrons. The van der Waals surface area contributed by atoms with Gasteiger partial charge in [0.15, 0.2) is 0 Å². The second-order valence-electron chi connectivity index (χ2n) is 5.33.